The molecule has 1 aliphatic rings. The van der Waals surface area contributed by atoms with Crippen LogP contribution in [-0.2, 0) is 16.0 Å². The Labute approximate surface area is 178 Å². The van der Waals surface area contributed by atoms with E-state index in [2.05, 4.69) is 11.9 Å². The van der Waals surface area contributed by atoms with Gasteiger partial charge in [0, 0.05) is 54.8 Å². The summed E-state index contributed by atoms with van der Waals surface area (Å²) in [4.78, 5) is 31.2. The van der Waals surface area contributed by atoms with Gasteiger partial charge in [0.15, 0.2) is 5.65 Å². The molecule has 1 atom stereocenters. The van der Waals surface area contributed by atoms with Crippen LogP contribution in [0.5, 0.6) is 0 Å². The van der Waals surface area contributed by atoms with E-state index in [0.717, 1.165) is 41.3 Å². The van der Waals surface area contributed by atoms with Gasteiger partial charge in [-0.3, -0.25) is 9.59 Å². The van der Waals surface area contributed by atoms with Crippen molar-refractivity contribution in [1.82, 2.24) is 24.8 Å². The molecule has 3 heterocycles. The van der Waals surface area contributed by atoms with Gasteiger partial charge in [0.25, 0.3) is 0 Å². The van der Waals surface area contributed by atoms with Crippen molar-refractivity contribution < 1.29 is 9.59 Å². The van der Waals surface area contributed by atoms with Gasteiger partial charge in [-0.25, -0.2) is 9.50 Å². The highest BCUT2D eigenvalue weighted by Crippen LogP contribution is 2.30. The molecule has 0 radical (unpaired) electrons. The maximum Gasteiger partial charge on any atom is 0.227 e. The largest absolute Gasteiger partial charge is 0.353 e. The van der Waals surface area contributed by atoms with E-state index in [-0.39, 0.29) is 23.1 Å². The smallest absolute Gasteiger partial charge is 0.227 e. The van der Waals surface area contributed by atoms with E-state index in [1.807, 2.05) is 50.1 Å². The molecule has 1 saturated heterocycles. The lowest BCUT2D eigenvalue weighted by atomic mass is 9.95. The number of rotatable bonds is 6. The Morgan fingerprint density at radius 3 is 2.73 bits per heavy atom. The molecular weight excluding hydrogens is 378 g/mol. The van der Waals surface area contributed by atoms with Crippen LogP contribution in [0.2, 0.25) is 0 Å². The molecule has 2 aromatic rings. The van der Waals surface area contributed by atoms with Crippen LogP contribution < -0.4 is 5.32 Å². The van der Waals surface area contributed by atoms with Crippen LogP contribution >= 0.6 is 0 Å². The first kappa shape index (κ1) is 22.0. The van der Waals surface area contributed by atoms with Gasteiger partial charge < -0.3 is 10.2 Å². The minimum Gasteiger partial charge on any atom is -0.353 e. The molecule has 0 saturated carbocycles. The minimum absolute atomic E-state index is 0.00418. The van der Waals surface area contributed by atoms with Crippen molar-refractivity contribution in [1.29, 1.82) is 0 Å². The number of fused-ring (bicyclic) bond motifs is 1. The molecule has 30 heavy (non-hydrogen) atoms. The lowest BCUT2D eigenvalue weighted by Crippen LogP contribution is -2.37. The predicted molar refractivity (Wildman–Crippen MR) is 117 cm³/mol. The molecule has 1 N–H and O–H groups in total. The van der Waals surface area contributed by atoms with Crippen LogP contribution in [0.15, 0.2) is 18.7 Å². The molecule has 0 spiro atoms. The number of carbonyl (C=O) groups is 2. The second kappa shape index (κ2) is 8.58. The Hall–Kier alpha value is -2.70. The molecule has 2 aromatic heterocycles. The van der Waals surface area contributed by atoms with Crippen LogP contribution in [0.25, 0.3) is 5.65 Å². The average molecular weight is 412 g/mol. The van der Waals surface area contributed by atoms with Gasteiger partial charge in [-0.2, -0.15) is 5.10 Å². The standard InChI is InChI=1S/C23H33N5O2/c1-7-11-24-21(29)9-8-18-15(2)25-20-13-19(26-28(20)16(18)3)17-10-12-27(14-17)22(30)23(4,5)6/h7,13,17H,1,8-12,14H2,2-6H3,(H,24,29)/t17-/m1/s1. The second-order valence-electron chi connectivity index (χ2n) is 9.18. The first-order valence-electron chi connectivity index (χ1n) is 10.6. The zero-order valence-electron chi connectivity index (χ0n) is 18.8. The summed E-state index contributed by atoms with van der Waals surface area (Å²) in [7, 11) is 0. The highest BCUT2D eigenvalue weighted by Gasteiger charge is 2.34. The molecule has 0 unspecified atom stereocenters. The number of hydrogen-bond acceptors (Lipinski definition) is 4. The lowest BCUT2D eigenvalue weighted by molar-refractivity contribution is -0.138. The van der Waals surface area contributed by atoms with E-state index < -0.39 is 0 Å². The predicted octanol–water partition coefficient (Wildman–Crippen LogP) is 2.94. The monoisotopic (exact) mass is 411 g/mol. The van der Waals surface area contributed by atoms with E-state index in [1.54, 1.807) is 6.08 Å². The van der Waals surface area contributed by atoms with Crippen molar-refractivity contribution in [3.8, 4) is 0 Å². The van der Waals surface area contributed by atoms with Crippen molar-refractivity contribution in [2.75, 3.05) is 19.6 Å². The first-order chi connectivity index (χ1) is 14.1. The Morgan fingerprint density at radius 2 is 2.07 bits per heavy atom. The van der Waals surface area contributed by atoms with Gasteiger partial charge in [-0.05, 0) is 32.3 Å². The van der Waals surface area contributed by atoms with Gasteiger partial charge in [0.1, 0.15) is 0 Å². The van der Waals surface area contributed by atoms with E-state index >= 15 is 0 Å². The fourth-order valence-corrected chi connectivity index (χ4v) is 4.08. The molecule has 162 valence electrons. The van der Waals surface area contributed by atoms with Crippen molar-refractivity contribution >= 4 is 17.5 Å². The third-order valence-corrected chi connectivity index (χ3v) is 5.76. The Bertz CT molecular complexity index is 970. The SMILES string of the molecule is C=CCNC(=O)CCc1c(C)nc2cc([C@@H]3CCN(C(=O)C(C)(C)C)C3)nn2c1C. The Kier molecular flexibility index (Phi) is 6.29. The number of amides is 2. The van der Waals surface area contributed by atoms with Crippen molar-refractivity contribution in [3.63, 3.8) is 0 Å². The molecule has 3 rings (SSSR count). The van der Waals surface area contributed by atoms with Crippen molar-refractivity contribution in [2.45, 2.75) is 59.8 Å². The number of likely N-dealkylation sites (tertiary alicyclic amines) is 1. The highest BCUT2D eigenvalue weighted by atomic mass is 16.2. The number of hydrogen-bond donors (Lipinski definition) is 1. The van der Waals surface area contributed by atoms with Gasteiger partial charge in [-0.15, -0.1) is 6.58 Å². The third-order valence-electron chi connectivity index (χ3n) is 5.76. The highest BCUT2D eigenvalue weighted by molar-refractivity contribution is 5.81. The molecule has 1 fully saturated rings. The topological polar surface area (TPSA) is 79.6 Å². The van der Waals surface area contributed by atoms with Crippen molar-refractivity contribution in [3.05, 3.63) is 41.4 Å². The fraction of sp³-hybridized carbons (Fsp3) is 0.565. The van der Waals surface area contributed by atoms with Crippen LogP contribution in [0.3, 0.4) is 0 Å². The molecule has 0 aliphatic carbocycles. The summed E-state index contributed by atoms with van der Waals surface area (Å²) in [5, 5.41) is 7.64. The summed E-state index contributed by atoms with van der Waals surface area (Å²) in [6, 6.07) is 2.04. The van der Waals surface area contributed by atoms with Gasteiger partial charge in [0.2, 0.25) is 11.8 Å². The van der Waals surface area contributed by atoms with Crippen LogP contribution in [0, 0.1) is 19.3 Å². The minimum atomic E-state index is -0.365. The summed E-state index contributed by atoms with van der Waals surface area (Å²) in [5.74, 6) is 0.422. The van der Waals surface area contributed by atoms with Crippen LogP contribution in [0.1, 0.15) is 62.2 Å². The maximum absolute atomic E-state index is 12.6. The Balaban J connectivity index is 1.78. The average Bonchev–Trinajstić information content (AvgIpc) is 3.31. The summed E-state index contributed by atoms with van der Waals surface area (Å²) in [6.45, 7) is 15.5. The van der Waals surface area contributed by atoms with E-state index in [1.165, 1.54) is 0 Å². The fourth-order valence-electron chi connectivity index (χ4n) is 4.08. The number of aryl methyl sites for hydroxylation is 2. The zero-order chi connectivity index (χ0) is 22.1. The zero-order valence-corrected chi connectivity index (χ0v) is 18.8. The summed E-state index contributed by atoms with van der Waals surface area (Å²) < 4.78 is 1.88. The van der Waals surface area contributed by atoms with Gasteiger partial charge in [-0.1, -0.05) is 26.8 Å². The number of nitrogens with one attached hydrogen (secondary N) is 1. The summed E-state index contributed by atoms with van der Waals surface area (Å²) in [5.41, 5.74) is 4.44. The molecule has 0 bridgehead atoms. The first-order valence-corrected chi connectivity index (χ1v) is 10.6. The molecule has 1 aliphatic heterocycles. The lowest BCUT2D eigenvalue weighted by Gasteiger charge is -2.25. The van der Waals surface area contributed by atoms with E-state index in [9.17, 15) is 9.59 Å². The normalized spacial score (nSPS) is 16.8. The van der Waals surface area contributed by atoms with Crippen LogP contribution in [0.4, 0.5) is 0 Å². The number of aromatic nitrogens is 3. The van der Waals surface area contributed by atoms with E-state index in [4.69, 9.17) is 10.1 Å². The maximum atomic E-state index is 12.6. The van der Waals surface area contributed by atoms with Gasteiger partial charge in [0.05, 0.1) is 5.69 Å². The Morgan fingerprint density at radius 1 is 1.33 bits per heavy atom. The van der Waals surface area contributed by atoms with Crippen molar-refractivity contribution in [2.24, 2.45) is 5.41 Å². The molecular formula is C23H33N5O2. The summed E-state index contributed by atoms with van der Waals surface area (Å²) >= 11 is 0. The van der Waals surface area contributed by atoms with Gasteiger partial charge >= 0.3 is 0 Å². The summed E-state index contributed by atoms with van der Waals surface area (Å²) in [6.07, 6.45) is 3.62. The second-order valence-corrected chi connectivity index (χ2v) is 9.18. The molecule has 7 nitrogen and oxygen atoms in total. The third kappa shape index (κ3) is 4.55. The molecule has 0 aromatic carbocycles. The number of nitrogens with zero attached hydrogens (tertiary/aromatic N) is 4. The van der Waals surface area contributed by atoms with E-state index in [0.29, 0.717) is 25.9 Å². The molecule has 2 amide bonds. The quantitative estimate of drug-likeness (QED) is 0.741. The molecule has 7 heteroatoms. The number of carbonyl (C=O) groups excluding carboxylic acids is 2. The van der Waals surface area contributed by atoms with Crippen LogP contribution in [-0.4, -0.2) is 50.9 Å².